The molecule has 0 bridgehead atoms. The third-order valence-corrected chi connectivity index (χ3v) is 4.56. The van der Waals surface area contributed by atoms with E-state index < -0.39 is 0 Å². The molecule has 4 nitrogen and oxygen atoms in total. The lowest BCUT2D eigenvalue weighted by Crippen LogP contribution is -2.47. The van der Waals surface area contributed by atoms with E-state index >= 15 is 0 Å². The summed E-state index contributed by atoms with van der Waals surface area (Å²) in [6.07, 6.45) is 5.28. The summed E-state index contributed by atoms with van der Waals surface area (Å²) in [5.74, 6) is 1.48. The lowest BCUT2D eigenvalue weighted by Gasteiger charge is -2.39. The zero-order valence-corrected chi connectivity index (χ0v) is 14.8. The molecule has 1 aliphatic heterocycles. The van der Waals surface area contributed by atoms with Crippen LogP contribution < -0.4 is 9.47 Å². The van der Waals surface area contributed by atoms with Crippen LogP contribution in [0.15, 0.2) is 23.8 Å². The molecule has 0 saturated carbocycles. The molecule has 0 aliphatic carbocycles. The van der Waals surface area contributed by atoms with E-state index in [1.807, 2.05) is 36.1 Å². The Hall–Kier alpha value is -1.97. The summed E-state index contributed by atoms with van der Waals surface area (Å²) in [5.41, 5.74) is 1.68. The van der Waals surface area contributed by atoms with Gasteiger partial charge in [0.05, 0.1) is 14.2 Å². The van der Waals surface area contributed by atoms with E-state index in [-0.39, 0.29) is 5.91 Å². The number of benzene rings is 1. The van der Waals surface area contributed by atoms with Crippen molar-refractivity contribution in [1.82, 2.24) is 4.90 Å². The maximum Gasteiger partial charge on any atom is 0.249 e. The summed E-state index contributed by atoms with van der Waals surface area (Å²) in [7, 11) is 3.22. The van der Waals surface area contributed by atoms with E-state index in [1.54, 1.807) is 14.2 Å². The predicted molar refractivity (Wildman–Crippen MR) is 92.8 cm³/mol. The summed E-state index contributed by atoms with van der Waals surface area (Å²) in [4.78, 5) is 14.8. The molecule has 0 N–H and O–H groups in total. The Kier molecular flexibility index (Phi) is 5.69. The third kappa shape index (κ3) is 3.87. The molecule has 1 saturated heterocycles. The van der Waals surface area contributed by atoms with E-state index in [1.165, 1.54) is 6.42 Å². The summed E-state index contributed by atoms with van der Waals surface area (Å²) in [6.45, 7) is 6.15. The summed E-state index contributed by atoms with van der Waals surface area (Å²) in [6, 6.07) is 6.29. The largest absolute Gasteiger partial charge is 0.493 e. The highest BCUT2D eigenvalue weighted by molar-refractivity contribution is 5.97. The molecular weight excluding hydrogens is 290 g/mol. The Bertz CT molecular complexity index is 584. The van der Waals surface area contributed by atoms with Gasteiger partial charge < -0.3 is 14.4 Å². The van der Waals surface area contributed by atoms with Crippen LogP contribution in [0.5, 0.6) is 11.5 Å². The molecule has 1 amide bonds. The summed E-state index contributed by atoms with van der Waals surface area (Å²) < 4.78 is 10.6. The highest BCUT2D eigenvalue weighted by Gasteiger charge is 2.29. The van der Waals surface area contributed by atoms with Gasteiger partial charge in [0.2, 0.25) is 5.91 Å². The molecule has 1 heterocycles. The molecule has 0 spiro atoms. The predicted octanol–water partition coefficient (Wildman–Crippen LogP) is 3.90. The fourth-order valence-electron chi connectivity index (χ4n) is 3.28. The number of hydrogen-bond donors (Lipinski definition) is 0. The Labute approximate surface area is 139 Å². The number of nitrogens with zero attached hydrogens (tertiary/aromatic N) is 1. The number of amides is 1. The van der Waals surface area contributed by atoms with Crippen LogP contribution in [0.25, 0.3) is 6.08 Å². The van der Waals surface area contributed by atoms with Crippen LogP contribution in [0.3, 0.4) is 0 Å². The van der Waals surface area contributed by atoms with Gasteiger partial charge in [-0.25, -0.2) is 0 Å². The number of carbonyl (C=O) groups is 1. The second-order valence-corrected chi connectivity index (χ2v) is 6.28. The van der Waals surface area contributed by atoms with Crippen LogP contribution in [-0.2, 0) is 4.79 Å². The highest BCUT2D eigenvalue weighted by atomic mass is 16.5. The Morgan fingerprint density at radius 2 is 1.74 bits per heavy atom. The third-order valence-electron chi connectivity index (χ3n) is 4.56. The molecule has 126 valence electrons. The monoisotopic (exact) mass is 317 g/mol. The average Bonchev–Trinajstić information content (AvgIpc) is 2.54. The van der Waals surface area contributed by atoms with Crippen molar-refractivity contribution in [2.75, 3.05) is 14.2 Å². The van der Waals surface area contributed by atoms with Crippen molar-refractivity contribution in [2.45, 2.75) is 52.1 Å². The highest BCUT2D eigenvalue weighted by Crippen LogP contribution is 2.29. The minimum Gasteiger partial charge on any atom is -0.493 e. The Morgan fingerprint density at radius 1 is 1.13 bits per heavy atom. The van der Waals surface area contributed by atoms with Gasteiger partial charge >= 0.3 is 0 Å². The first-order chi connectivity index (χ1) is 11.0. The zero-order valence-electron chi connectivity index (χ0n) is 14.8. The van der Waals surface area contributed by atoms with E-state index in [9.17, 15) is 4.79 Å². The van der Waals surface area contributed by atoms with Gasteiger partial charge in [0, 0.05) is 17.7 Å². The van der Waals surface area contributed by atoms with Gasteiger partial charge in [-0.1, -0.05) is 6.07 Å². The van der Waals surface area contributed by atoms with Gasteiger partial charge in [0.25, 0.3) is 0 Å². The van der Waals surface area contributed by atoms with Crippen LogP contribution in [0, 0.1) is 0 Å². The molecule has 1 fully saturated rings. The van der Waals surface area contributed by atoms with E-state index in [4.69, 9.17) is 9.47 Å². The number of methoxy groups -OCH3 is 2. The molecule has 2 atom stereocenters. The minimum absolute atomic E-state index is 0.125. The van der Waals surface area contributed by atoms with Crippen molar-refractivity contribution in [3.63, 3.8) is 0 Å². The van der Waals surface area contributed by atoms with Gasteiger partial charge in [-0.3, -0.25) is 4.79 Å². The van der Waals surface area contributed by atoms with E-state index in [0.717, 1.165) is 24.0 Å². The number of hydrogen-bond acceptors (Lipinski definition) is 3. The zero-order chi connectivity index (χ0) is 17.0. The van der Waals surface area contributed by atoms with Gasteiger partial charge in [0.1, 0.15) is 0 Å². The second kappa shape index (κ2) is 7.53. The number of carbonyl (C=O) groups excluding carboxylic acids is 1. The first kappa shape index (κ1) is 17.4. The lowest BCUT2D eigenvalue weighted by atomic mass is 9.96. The fraction of sp³-hybridized carbons (Fsp3) is 0.526. The fourth-order valence-corrected chi connectivity index (χ4v) is 3.28. The van der Waals surface area contributed by atoms with Gasteiger partial charge in [-0.2, -0.15) is 0 Å². The number of ether oxygens (including phenoxy) is 2. The van der Waals surface area contributed by atoms with Crippen LogP contribution in [0.4, 0.5) is 0 Å². The molecule has 1 aliphatic rings. The number of likely N-dealkylation sites (tertiary alicyclic amines) is 1. The average molecular weight is 317 g/mol. The first-order valence-electron chi connectivity index (χ1n) is 8.21. The molecule has 4 heteroatoms. The maximum atomic E-state index is 12.8. The normalized spacial score (nSPS) is 22.0. The van der Waals surface area contributed by atoms with Crippen molar-refractivity contribution in [2.24, 2.45) is 0 Å². The molecule has 1 aromatic rings. The van der Waals surface area contributed by atoms with Crippen molar-refractivity contribution in [3.05, 3.63) is 29.3 Å². The topological polar surface area (TPSA) is 38.8 Å². The van der Waals surface area contributed by atoms with E-state index in [2.05, 4.69) is 13.8 Å². The SMILES string of the molecule is COc1ccc(/C=C(\C)C(=O)N2C(C)CCCC2C)cc1OC. The Balaban J connectivity index is 2.23. The van der Waals surface area contributed by atoms with E-state index in [0.29, 0.717) is 23.6 Å². The van der Waals surface area contributed by atoms with Gasteiger partial charge in [-0.15, -0.1) is 0 Å². The standard InChI is InChI=1S/C19H27NO3/c1-13(19(21)20-14(2)7-6-8-15(20)3)11-16-9-10-17(22-4)18(12-16)23-5/h9-12,14-15H,6-8H2,1-5H3/b13-11+. The number of piperidine rings is 1. The molecule has 0 aromatic heterocycles. The molecule has 2 unspecified atom stereocenters. The minimum atomic E-state index is 0.125. The smallest absolute Gasteiger partial charge is 0.249 e. The van der Waals surface area contributed by atoms with Crippen LogP contribution in [0.2, 0.25) is 0 Å². The van der Waals surface area contributed by atoms with Crippen LogP contribution >= 0.6 is 0 Å². The molecule has 0 radical (unpaired) electrons. The maximum absolute atomic E-state index is 12.8. The molecule has 2 rings (SSSR count). The van der Waals surface area contributed by atoms with Gasteiger partial charge in [0.15, 0.2) is 11.5 Å². The van der Waals surface area contributed by atoms with Crippen molar-refractivity contribution >= 4 is 12.0 Å². The lowest BCUT2D eigenvalue weighted by molar-refractivity contribution is -0.132. The quantitative estimate of drug-likeness (QED) is 0.791. The van der Waals surface area contributed by atoms with Gasteiger partial charge in [-0.05, 0) is 63.8 Å². The summed E-state index contributed by atoms with van der Waals surface area (Å²) in [5, 5.41) is 0. The molecule has 1 aromatic carbocycles. The second-order valence-electron chi connectivity index (χ2n) is 6.28. The first-order valence-corrected chi connectivity index (χ1v) is 8.21. The number of rotatable bonds is 4. The van der Waals surface area contributed by atoms with Crippen molar-refractivity contribution in [3.8, 4) is 11.5 Å². The van der Waals surface area contributed by atoms with Crippen molar-refractivity contribution < 1.29 is 14.3 Å². The summed E-state index contributed by atoms with van der Waals surface area (Å²) >= 11 is 0. The molecular formula is C19H27NO3. The molecule has 23 heavy (non-hydrogen) atoms. The van der Waals surface area contributed by atoms with Crippen LogP contribution in [0.1, 0.15) is 45.6 Å². The Morgan fingerprint density at radius 3 is 2.30 bits per heavy atom. The van der Waals surface area contributed by atoms with Crippen molar-refractivity contribution in [1.29, 1.82) is 0 Å². The van der Waals surface area contributed by atoms with Crippen LogP contribution in [-0.4, -0.2) is 37.1 Å².